The summed E-state index contributed by atoms with van der Waals surface area (Å²) in [5, 5.41) is 18.2. The van der Waals surface area contributed by atoms with Crippen molar-refractivity contribution in [1.29, 1.82) is 0 Å². The summed E-state index contributed by atoms with van der Waals surface area (Å²) in [6.07, 6.45) is 0. The topological polar surface area (TPSA) is 134 Å². The zero-order valence-electron chi connectivity index (χ0n) is 10.7. The van der Waals surface area contributed by atoms with Gasteiger partial charge < -0.3 is 10.2 Å². The summed E-state index contributed by atoms with van der Waals surface area (Å²) in [5.41, 5.74) is -0.898. The monoisotopic (exact) mass is 298 g/mol. The van der Waals surface area contributed by atoms with Gasteiger partial charge in [0.2, 0.25) is 11.5 Å². The van der Waals surface area contributed by atoms with Crippen molar-refractivity contribution >= 4 is 45.8 Å². The Morgan fingerprint density at radius 3 is 2.32 bits per heavy atom. The van der Waals surface area contributed by atoms with E-state index in [-0.39, 0.29) is 22.5 Å². The minimum Gasteiger partial charge on any atom is -0.477 e. The molecule has 1 aliphatic rings. The second-order valence-corrected chi connectivity index (χ2v) is 4.49. The smallest absolute Gasteiger partial charge is 0.358 e. The molecule has 3 rings (SSSR count). The highest BCUT2D eigenvalue weighted by molar-refractivity contribution is 6.81. The maximum Gasteiger partial charge on any atom is 0.358 e. The third-order valence-electron chi connectivity index (χ3n) is 3.13. The first-order chi connectivity index (χ1) is 10.4. The molecule has 0 amide bonds. The summed E-state index contributed by atoms with van der Waals surface area (Å²) < 4.78 is 0. The standard InChI is InChI=1S/C14H6N2O6/c17-11-6-3-5-1-2-7(13(19)20)15-8(5)4-9(6)16-10(12(11)18)14(21)22/h1-4H,(H,19,20)(H,21,22). The van der Waals surface area contributed by atoms with Gasteiger partial charge in [0.1, 0.15) is 5.69 Å². The molecule has 1 aromatic heterocycles. The number of nitrogens with zero attached hydrogens (tertiary/aromatic N) is 2. The number of Topliss-reactive ketones (excluding diaryl/α,β-unsaturated/α-hetero) is 2. The van der Waals surface area contributed by atoms with Crippen LogP contribution in [0.25, 0.3) is 10.9 Å². The van der Waals surface area contributed by atoms with Crippen LogP contribution in [-0.4, -0.2) is 44.4 Å². The van der Waals surface area contributed by atoms with Crippen LogP contribution in [0.3, 0.4) is 0 Å². The predicted octanol–water partition coefficient (Wildman–Crippen LogP) is 0.855. The number of rotatable bonds is 2. The molecule has 1 aliphatic heterocycles. The van der Waals surface area contributed by atoms with E-state index in [9.17, 15) is 19.2 Å². The van der Waals surface area contributed by atoms with Crippen molar-refractivity contribution in [3.63, 3.8) is 0 Å². The number of carbonyl (C=O) groups excluding carboxylic acids is 2. The molecular formula is C14H6N2O6. The van der Waals surface area contributed by atoms with Crippen LogP contribution in [-0.2, 0) is 9.59 Å². The quantitative estimate of drug-likeness (QED) is 0.785. The van der Waals surface area contributed by atoms with Gasteiger partial charge in [-0.1, -0.05) is 6.07 Å². The van der Waals surface area contributed by atoms with Crippen molar-refractivity contribution in [2.45, 2.75) is 0 Å². The largest absolute Gasteiger partial charge is 0.477 e. The third kappa shape index (κ3) is 1.94. The number of hydrogen-bond acceptors (Lipinski definition) is 6. The Bertz CT molecular complexity index is 928. The Morgan fingerprint density at radius 1 is 0.955 bits per heavy atom. The van der Waals surface area contributed by atoms with Crippen molar-refractivity contribution in [1.82, 2.24) is 4.98 Å². The van der Waals surface area contributed by atoms with Crippen molar-refractivity contribution in [3.05, 3.63) is 35.5 Å². The average Bonchev–Trinajstić information content (AvgIpc) is 2.48. The fraction of sp³-hybridized carbons (Fsp3) is 0. The second kappa shape index (κ2) is 4.55. The van der Waals surface area contributed by atoms with E-state index in [4.69, 9.17) is 10.2 Å². The van der Waals surface area contributed by atoms with Crippen LogP contribution >= 0.6 is 0 Å². The minimum atomic E-state index is -1.60. The summed E-state index contributed by atoms with van der Waals surface area (Å²) >= 11 is 0. The summed E-state index contributed by atoms with van der Waals surface area (Å²) in [6.45, 7) is 0. The Balaban J connectivity index is 2.29. The molecule has 8 nitrogen and oxygen atoms in total. The first-order valence-corrected chi connectivity index (χ1v) is 5.97. The zero-order chi connectivity index (χ0) is 16.0. The fourth-order valence-corrected chi connectivity index (χ4v) is 2.10. The van der Waals surface area contributed by atoms with E-state index in [1.165, 1.54) is 24.3 Å². The number of carboxylic acid groups (broad SMARTS) is 2. The van der Waals surface area contributed by atoms with Gasteiger partial charge in [0.25, 0.3) is 5.78 Å². The number of fused-ring (bicyclic) bond motifs is 2. The first kappa shape index (κ1) is 13.6. The summed E-state index contributed by atoms with van der Waals surface area (Å²) in [7, 11) is 0. The lowest BCUT2D eigenvalue weighted by Gasteiger charge is -2.12. The third-order valence-corrected chi connectivity index (χ3v) is 3.13. The van der Waals surface area contributed by atoms with E-state index in [2.05, 4.69) is 9.98 Å². The highest BCUT2D eigenvalue weighted by atomic mass is 16.4. The van der Waals surface area contributed by atoms with Crippen molar-refractivity contribution < 1.29 is 29.4 Å². The van der Waals surface area contributed by atoms with Gasteiger partial charge in [-0.25, -0.2) is 19.6 Å². The normalized spacial score (nSPS) is 13.7. The van der Waals surface area contributed by atoms with E-state index in [0.717, 1.165) is 0 Å². The molecule has 0 bridgehead atoms. The number of aromatic carboxylic acids is 1. The summed E-state index contributed by atoms with van der Waals surface area (Å²) in [4.78, 5) is 53.0. The summed E-state index contributed by atoms with van der Waals surface area (Å²) in [5.74, 6) is -4.97. The van der Waals surface area contributed by atoms with Gasteiger partial charge >= 0.3 is 11.9 Å². The predicted molar refractivity (Wildman–Crippen MR) is 72.8 cm³/mol. The van der Waals surface area contributed by atoms with Gasteiger partial charge in [0.15, 0.2) is 0 Å². The van der Waals surface area contributed by atoms with Gasteiger partial charge in [0.05, 0.1) is 16.8 Å². The number of hydrogen-bond donors (Lipinski definition) is 2. The van der Waals surface area contributed by atoms with Crippen LogP contribution in [0.5, 0.6) is 0 Å². The van der Waals surface area contributed by atoms with Crippen LogP contribution in [0.2, 0.25) is 0 Å². The second-order valence-electron chi connectivity index (χ2n) is 4.49. The van der Waals surface area contributed by atoms with Crippen LogP contribution in [0.15, 0.2) is 29.3 Å². The van der Waals surface area contributed by atoms with Crippen molar-refractivity contribution in [2.24, 2.45) is 4.99 Å². The summed E-state index contributed by atoms with van der Waals surface area (Å²) in [6, 6.07) is 5.33. The van der Waals surface area contributed by atoms with Crippen LogP contribution in [0, 0.1) is 0 Å². The number of aliphatic carboxylic acids is 1. The molecule has 0 saturated heterocycles. The first-order valence-electron chi connectivity index (χ1n) is 5.97. The van der Waals surface area contributed by atoms with E-state index in [1.54, 1.807) is 0 Å². The molecule has 1 aromatic carbocycles. The number of aliphatic imine (C=N–C) groups is 1. The molecule has 0 spiro atoms. The molecule has 8 heteroatoms. The Labute approximate surface area is 121 Å². The fourth-order valence-electron chi connectivity index (χ4n) is 2.10. The lowest BCUT2D eigenvalue weighted by atomic mass is 9.97. The average molecular weight is 298 g/mol. The van der Waals surface area contributed by atoms with Crippen molar-refractivity contribution in [2.75, 3.05) is 0 Å². The SMILES string of the molecule is O=C(O)C1=Nc2cc3nc(C(=O)O)ccc3cc2C(=O)C1=O. The maximum atomic E-state index is 11.9. The number of aromatic nitrogens is 1. The van der Waals surface area contributed by atoms with Crippen molar-refractivity contribution in [3.8, 4) is 0 Å². The highest BCUT2D eigenvalue weighted by Gasteiger charge is 2.33. The number of ketones is 2. The van der Waals surface area contributed by atoms with E-state index < -0.39 is 29.2 Å². The molecule has 0 aliphatic carbocycles. The molecule has 108 valence electrons. The molecule has 22 heavy (non-hydrogen) atoms. The zero-order valence-corrected chi connectivity index (χ0v) is 10.7. The van der Waals surface area contributed by atoms with E-state index >= 15 is 0 Å². The molecule has 2 N–H and O–H groups in total. The molecule has 0 unspecified atom stereocenters. The van der Waals surface area contributed by atoms with E-state index in [1.807, 2.05) is 0 Å². The lowest BCUT2D eigenvalue weighted by Crippen LogP contribution is -2.33. The van der Waals surface area contributed by atoms with Gasteiger partial charge in [0, 0.05) is 5.39 Å². The Morgan fingerprint density at radius 2 is 1.68 bits per heavy atom. The minimum absolute atomic E-state index is 0.0236. The molecule has 0 fully saturated rings. The molecular weight excluding hydrogens is 292 g/mol. The van der Waals surface area contributed by atoms with Gasteiger partial charge in [-0.3, -0.25) is 9.59 Å². The number of carboxylic acids is 2. The Hall–Kier alpha value is -3.42. The highest BCUT2D eigenvalue weighted by Crippen LogP contribution is 2.29. The van der Waals surface area contributed by atoms with E-state index in [0.29, 0.717) is 5.39 Å². The van der Waals surface area contributed by atoms with Crippen LogP contribution in [0.4, 0.5) is 5.69 Å². The molecule has 0 radical (unpaired) electrons. The number of carbonyl (C=O) groups is 4. The maximum absolute atomic E-state index is 11.9. The molecule has 2 heterocycles. The molecule has 2 aromatic rings. The lowest BCUT2D eigenvalue weighted by molar-refractivity contribution is -0.130. The van der Waals surface area contributed by atoms with Crippen LogP contribution in [0.1, 0.15) is 20.8 Å². The molecule has 0 atom stereocenters. The number of pyridine rings is 1. The van der Waals surface area contributed by atoms with Gasteiger partial charge in [-0.2, -0.15) is 0 Å². The Kier molecular flexibility index (Phi) is 2.81. The molecule has 0 saturated carbocycles. The van der Waals surface area contributed by atoms with Gasteiger partial charge in [-0.15, -0.1) is 0 Å². The van der Waals surface area contributed by atoms with Crippen LogP contribution < -0.4 is 0 Å². The number of benzene rings is 1. The van der Waals surface area contributed by atoms with Gasteiger partial charge in [-0.05, 0) is 18.2 Å².